The minimum atomic E-state index is 0.845. The van der Waals surface area contributed by atoms with Crippen LogP contribution in [0.2, 0.25) is 0 Å². The van der Waals surface area contributed by atoms with Gasteiger partial charge < -0.3 is 0 Å². The second kappa shape index (κ2) is 5.76. The SMILES string of the molecule is CCc1ccc(SC)c(/C(C)=C/C=O)c1. The molecule has 0 N–H and O–H groups in total. The van der Waals surface area contributed by atoms with E-state index in [1.165, 1.54) is 16.0 Å². The Morgan fingerprint density at radius 2 is 2.20 bits per heavy atom. The zero-order valence-electron chi connectivity index (χ0n) is 9.41. The first-order chi connectivity index (χ1) is 7.22. The number of benzene rings is 1. The lowest BCUT2D eigenvalue weighted by atomic mass is 10.0. The maximum Gasteiger partial charge on any atom is 0.143 e. The van der Waals surface area contributed by atoms with Crippen molar-refractivity contribution in [2.75, 3.05) is 6.26 Å². The summed E-state index contributed by atoms with van der Waals surface area (Å²) in [5.41, 5.74) is 3.51. The largest absolute Gasteiger partial charge is 0.299 e. The highest BCUT2D eigenvalue weighted by Gasteiger charge is 2.04. The van der Waals surface area contributed by atoms with E-state index in [1.807, 2.05) is 6.92 Å². The van der Waals surface area contributed by atoms with Gasteiger partial charge in [0.25, 0.3) is 0 Å². The maximum absolute atomic E-state index is 10.5. The first-order valence-corrected chi connectivity index (χ1v) is 6.24. The van der Waals surface area contributed by atoms with E-state index >= 15 is 0 Å². The molecule has 0 saturated carbocycles. The molecule has 1 aromatic carbocycles. The van der Waals surface area contributed by atoms with Gasteiger partial charge in [0.05, 0.1) is 0 Å². The van der Waals surface area contributed by atoms with Crippen LogP contribution in [0.3, 0.4) is 0 Å². The van der Waals surface area contributed by atoms with Gasteiger partial charge in [0.1, 0.15) is 6.29 Å². The Labute approximate surface area is 95.6 Å². The van der Waals surface area contributed by atoms with Gasteiger partial charge in [-0.1, -0.05) is 19.1 Å². The molecule has 0 spiro atoms. The van der Waals surface area contributed by atoms with Gasteiger partial charge in [-0.3, -0.25) is 4.79 Å². The summed E-state index contributed by atoms with van der Waals surface area (Å²) in [7, 11) is 0. The van der Waals surface area contributed by atoms with Crippen LogP contribution in [0.25, 0.3) is 5.57 Å². The first kappa shape index (κ1) is 12.1. The second-order valence-corrected chi connectivity index (χ2v) is 4.22. The van der Waals surface area contributed by atoms with Crippen LogP contribution >= 0.6 is 11.8 Å². The van der Waals surface area contributed by atoms with E-state index < -0.39 is 0 Å². The number of carbonyl (C=O) groups is 1. The van der Waals surface area contributed by atoms with Crippen LogP contribution in [0.1, 0.15) is 25.0 Å². The van der Waals surface area contributed by atoms with Gasteiger partial charge in [-0.05, 0) is 48.4 Å². The average Bonchev–Trinajstić information content (AvgIpc) is 2.28. The standard InChI is InChI=1S/C13H16OS/c1-4-11-5-6-13(15-3)12(9-11)10(2)7-8-14/h5-9H,4H2,1-3H3/b10-7+. The molecule has 80 valence electrons. The zero-order valence-corrected chi connectivity index (χ0v) is 10.2. The molecular weight excluding hydrogens is 204 g/mol. The third-order valence-electron chi connectivity index (χ3n) is 2.42. The van der Waals surface area contributed by atoms with E-state index in [0.29, 0.717) is 0 Å². The molecule has 1 aromatic rings. The van der Waals surface area contributed by atoms with Crippen LogP contribution in [-0.2, 0) is 11.2 Å². The fourth-order valence-electron chi connectivity index (χ4n) is 1.48. The average molecular weight is 220 g/mol. The molecule has 0 unspecified atom stereocenters. The lowest BCUT2D eigenvalue weighted by Gasteiger charge is -2.09. The van der Waals surface area contributed by atoms with Crippen LogP contribution in [0.4, 0.5) is 0 Å². The van der Waals surface area contributed by atoms with Crippen molar-refractivity contribution in [1.29, 1.82) is 0 Å². The first-order valence-electron chi connectivity index (χ1n) is 5.02. The summed E-state index contributed by atoms with van der Waals surface area (Å²) >= 11 is 1.71. The van der Waals surface area contributed by atoms with E-state index in [0.717, 1.165) is 18.3 Å². The van der Waals surface area contributed by atoms with Crippen LogP contribution < -0.4 is 0 Å². The third kappa shape index (κ3) is 2.96. The summed E-state index contributed by atoms with van der Waals surface area (Å²) in [5, 5.41) is 0. The van der Waals surface area contributed by atoms with Crippen molar-refractivity contribution < 1.29 is 4.79 Å². The molecule has 2 heteroatoms. The summed E-state index contributed by atoms with van der Waals surface area (Å²) in [6, 6.07) is 6.44. The minimum Gasteiger partial charge on any atom is -0.299 e. The molecule has 15 heavy (non-hydrogen) atoms. The van der Waals surface area contributed by atoms with Gasteiger partial charge in [-0.25, -0.2) is 0 Å². The Kier molecular flexibility index (Phi) is 4.63. The monoisotopic (exact) mass is 220 g/mol. The third-order valence-corrected chi connectivity index (χ3v) is 3.21. The highest BCUT2D eigenvalue weighted by Crippen LogP contribution is 2.27. The number of thioether (sulfide) groups is 1. The molecule has 0 heterocycles. The van der Waals surface area contributed by atoms with Crippen molar-refractivity contribution in [3.63, 3.8) is 0 Å². The molecule has 1 rings (SSSR count). The van der Waals surface area contributed by atoms with E-state index in [9.17, 15) is 4.79 Å². The molecule has 0 radical (unpaired) electrons. The predicted molar refractivity (Wildman–Crippen MR) is 67.3 cm³/mol. The molecule has 0 aromatic heterocycles. The van der Waals surface area contributed by atoms with Gasteiger partial charge in [0.15, 0.2) is 0 Å². The van der Waals surface area contributed by atoms with E-state index in [1.54, 1.807) is 17.8 Å². The summed E-state index contributed by atoms with van der Waals surface area (Å²) in [6.45, 7) is 4.11. The van der Waals surface area contributed by atoms with Gasteiger partial charge in [-0.15, -0.1) is 11.8 Å². The fraction of sp³-hybridized carbons (Fsp3) is 0.308. The summed E-state index contributed by atoms with van der Waals surface area (Å²) in [6.07, 6.45) is 5.54. The second-order valence-electron chi connectivity index (χ2n) is 3.37. The topological polar surface area (TPSA) is 17.1 Å². The van der Waals surface area contributed by atoms with Crippen molar-refractivity contribution in [2.45, 2.75) is 25.2 Å². The van der Waals surface area contributed by atoms with Crippen LogP contribution in [-0.4, -0.2) is 12.5 Å². The number of hydrogen-bond donors (Lipinski definition) is 0. The number of rotatable bonds is 4. The lowest BCUT2D eigenvalue weighted by molar-refractivity contribution is -0.104. The molecular formula is C13H16OS. The molecule has 0 bridgehead atoms. The van der Waals surface area contributed by atoms with E-state index in [-0.39, 0.29) is 0 Å². The number of hydrogen-bond acceptors (Lipinski definition) is 2. The summed E-state index contributed by atoms with van der Waals surface area (Å²) in [5.74, 6) is 0. The summed E-state index contributed by atoms with van der Waals surface area (Å²) < 4.78 is 0. The van der Waals surface area contributed by atoms with Crippen molar-refractivity contribution in [2.24, 2.45) is 0 Å². The molecule has 0 aliphatic carbocycles. The smallest absolute Gasteiger partial charge is 0.143 e. The highest BCUT2D eigenvalue weighted by atomic mass is 32.2. The zero-order chi connectivity index (χ0) is 11.3. The Hall–Kier alpha value is -1.02. The Morgan fingerprint density at radius 3 is 2.73 bits per heavy atom. The van der Waals surface area contributed by atoms with Crippen molar-refractivity contribution in [3.05, 3.63) is 35.4 Å². The Balaban J connectivity index is 3.22. The highest BCUT2D eigenvalue weighted by molar-refractivity contribution is 7.98. The maximum atomic E-state index is 10.5. The minimum absolute atomic E-state index is 0.845. The lowest BCUT2D eigenvalue weighted by Crippen LogP contribution is -1.89. The predicted octanol–water partition coefficient (Wildman–Crippen LogP) is 3.57. The van der Waals surface area contributed by atoms with Gasteiger partial charge in [-0.2, -0.15) is 0 Å². The van der Waals surface area contributed by atoms with E-state index in [4.69, 9.17) is 0 Å². The molecule has 0 atom stereocenters. The molecule has 0 aliphatic heterocycles. The number of aryl methyl sites for hydroxylation is 1. The summed E-state index contributed by atoms with van der Waals surface area (Å²) in [4.78, 5) is 11.7. The van der Waals surface area contributed by atoms with E-state index in [2.05, 4.69) is 31.4 Å². The fourth-order valence-corrected chi connectivity index (χ4v) is 2.12. The number of carbonyl (C=O) groups excluding carboxylic acids is 1. The number of allylic oxidation sites excluding steroid dienone is 2. The van der Waals surface area contributed by atoms with Gasteiger partial charge >= 0.3 is 0 Å². The quantitative estimate of drug-likeness (QED) is 0.438. The molecule has 0 fully saturated rings. The van der Waals surface area contributed by atoms with Gasteiger partial charge in [0.2, 0.25) is 0 Å². The molecule has 0 amide bonds. The van der Waals surface area contributed by atoms with Crippen molar-refractivity contribution in [3.8, 4) is 0 Å². The van der Waals surface area contributed by atoms with Crippen molar-refractivity contribution in [1.82, 2.24) is 0 Å². The van der Waals surface area contributed by atoms with Crippen LogP contribution in [0, 0.1) is 0 Å². The molecule has 0 aliphatic rings. The number of aldehydes is 1. The van der Waals surface area contributed by atoms with Crippen LogP contribution in [0.5, 0.6) is 0 Å². The molecule has 1 nitrogen and oxygen atoms in total. The van der Waals surface area contributed by atoms with Gasteiger partial charge in [0, 0.05) is 4.90 Å². The van der Waals surface area contributed by atoms with Crippen LogP contribution in [0.15, 0.2) is 29.2 Å². The Morgan fingerprint density at radius 1 is 1.47 bits per heavy atom. The molecule has 0 saturated heterocycles. The Bertz CT molecular complexity index is 380. The van der Waals surface area contributed by atoms with Crippen molar-refractivity contribution >= 4 is 23.6 Å². The normalized spacial score (nSPS) is 11.5.